The Labute approximate surface area is 176 Å². The molecule has 1 atom stereocenters. The average Bonchev–Trinajstić information content (AvgIpc) is 3.09. The molecular formula is C20H20ClF2N5O2. The number of anilines is 3. The summed E-state index contributed by atoms with van der Waals surface area (Å²) >= 11 is 6.39. The van der Waals surface area contributed by atoms with Gasteiger partial charge in [0.2, 0.25) is 0 Å². The van der Waals surface area contributed by atoms with Crippen molar-refractivity contribution in [2.45, 2.75) is 18.9 Å². The molecule has 2 amide bonds. The summed E-state index contributed by atoms with van der Waals surface area (Å²) in [5.74, 6) is -1.32. The number of amides is 2. The van der Waals surface area contributed by atoms with E-state index < -0.39 is 17.7 Å². The smallest absolute Gasteiger partial charge is 0.323 e. The van der Waals surface area contributed by atoms with Gasteiger partial charge in [-0.3, -0.25) is 0 Å². The molecule has 7 nitrogen and oxygen atoms in total. The molecule has 3 aromatic rings. The van der Waals surface area contributed by atoms with Gasteiger partial charge in [0.15, 0.2) is 11.6 Å². The van der Waals surface area contributed by atoms with E-state index in [0.29, 0.717) is 39.7 Å². The first kappa shape index (κ1) is 20.4. The molecule has 1 aliphatic heterocycles. The molecule has 0 radical (unpaired) electrons. The van der Waals surface area contributed by atoms with Crippen LogP contribution in [0.3, 0.4) is 0 Å². The third-order valence-corrected chi connectivity index (χ3v) is 5.34. The topological polar surface area (TPSA) is 82.3 Å². The second-order valence-electron chi connectivity index (χ2n) is 7.07. The minimum Gasteiger partial charge on any atom is -0.380 e. The summed E-state index contributed by atoms with van der Waals surface area (Å²) < 4.78 is 32.3. The van der Waals surface area contributed by atoms with Crippen LogP contribution >= 0.6 is 11.6 Å². The number of piperidine rings is 1. The maximum absolute atomic E-state index is 13.5. The summed E-state index contributed by atoms with van der Waals surface area (Å²) in [7, 11) is 1.69. The lowest BCUT2D eigenvalue weighted by Gasteiger charge is -2.33. The molecule has 1 aromatic carbocycles. The van der Waals surface area contributed by atoms with Crippen molar-refractivity contribution in [3.8, 4) is 0 Å². The molecule has 30 heavy (non-hydrogen) atoms. The number of aromatic nitrogens is 2. The van der Waals surface area contributed by atoms with Gasteiger partial charge in [0.25, 0.3) is 0 Å². The van der Waals surface area contributed by atoms with E-state index in [1.807, 2.05) is 0 Å². The molecule has 0 spiro atoms. The largest absolute Gasteiger partial charge is 0.380 e. The molecule has 0 aliphatic carbocycles. The summed E-state index contributed by atoms with van der Waals surface area (Å²) in [4.78, 5) is 21.6. The van der Waals surface area contributed by atoms with Crippen molar-refractivity contribution >= 4 is 45.7 Å². The normalized spacial score (nSPS) is 16.7. The van der Waals surface area contributed by atoms with Gasteiger partial charge in [-0.25, -0.2) is 18.6 Å². The van der Waals surface area contributed by atoms with Crippen LogP contribution in [0.25, 0.3) is 10.9 Å². The molecular weight excluding hydrogens is 416 g/mol. The molecule has 0 bridgehead atoms. The number of hydrogen-bond acceptors (Lipinski definition) is 4. The zero-order chi connectivity index (χ0) is 21.3. The molecule has 1 aliphatic rings. The standard InChI is InChI=1S/C20H20ClF2N5O2/c1-30-12-3-2-4-28(10-12)19-14(21)5-11(8-25-19)26-20(29)27-18-9-24-17-7-16(23)15(22)6-13(17)18/h5-9,12,24H,2-4,10H2,1H3,(H2,26,27,29). The highest BCUT2D eigenvalue weighted by atomic mass is 35.5. The molecule has 1 saturated heterocycles. The van der Waals surface area contributed by atoms with Gasteiger partial charge in [0.05, 0.1) is 34.2 Å². The number of rotatable bonds is 4. The molecule has 0 saturated carbocycles. The van der Waals surface area contributed by atoms with Crippen LogP contribution in [-0.2, 0) is 4.74 Å². The number of H-pyrrole nitrogens is 1. The number of hydrogen-bond donors (Lipinski definition) is 3. The van der Waals surface area contributed by atoms with Gasteiger partial charge >= 0.3 is 6.03 Å². The van der Waals surface area contributed by atoms with Gasteiger partial charge in [0.1, 0.15) is 5.82 Å². The Bertz CT molecular complexity index is 1090. The number of carbonyl (C=O) groups excluding carboxylic acids is 1. The number of aromatic amines is 1. The summed E-state index contributed by atoms with van der Waals surface area (Å²) in [5, 5.41) is 6.01. The predicted octanol–water partition coefficient (Wildman–Crippen LogP) is 4.75. The summed E-state index contributed by atoms with van der Waals surface area (Å²) in [6.07, 6.45) is 5.08. The Balaban J connectivity index is 1.45. The van der Waals surface area contributed by atoms with Crippen molar-refractivity contribution in [2.75, 3.05) is 35.7 Å². The number of ether oxygens (including phenoxy) is 1. The van der Waals surface area contributed by atoms with Crippen LogP contribution in [0.4, 0.5) is 30.8 Å². The van der Waals surface area contributed by atoms with E-state index in [9.17, 15) is 13.6 Å². The molecule has 158 valence electrons. The van der Waals surface area contributed by atoms with Crippen LogP contribution in [0.15, 0.2) is 30.6 Å². The third-order valence-electron chi connectivity index (χ3n) is 5.06. The molecule has 3 N–H and O–H groups in total. The average molecular weight is 436 g/mol. The van der Waals surface area contributed by atoms with E-state index in [4.69, 9.17) is 16.3 Å². The zero-order valence-corrected chi connectivity index (χ0v) is 16.9. The van der Waals surface area contributed by atoms with Crippen LogP contribution in [0.5, 0.6) is 0 Å². The van der Waals surface area contributed by atoms with Gasteiger partial charge < -0.3 is 25.3 Å². The van der Waals surface area contributed by atoms with E-state index in [1.165, 1.54) is 12.4 Å². The Hall–Kier alpha value is -2.91. The number of fused-ring (bicyclic) bond motifs is 1. The summed E-state index contributed by atoms with van der Waals surface area (Å²) in [5.41, 5.74) is 1.09. The highest BCUT2D eigenvalue weighted by Gasteiger charge is 2.22. The number of nitrogens with zero attached hydrogens (tertiary/aromatic N) is 2. The third kappa shape index (κ3) is 4.17. The monoisotopic (exact) mass is 435 g/mol. The highest BCUT2D eigenvalue weighted by Crippen LogP contribution is 2.29. The quantitative estimate of drug-likeness (QED) is 0.552. The van der Waals surface area contributed by atoms with E-state index in [1.54, 1.807) is 13.2 Å². The minimum absolute atomic E-state index is 0.134. The maximum Gasteiger partial charge on any atom is 0.323 e. The van der Waals surface area contributed by atoms with Gasteiger partial charge in [-0.2, -0.15) is 0 Å². The minimum atomic E-state index is -0.995. The maximum atomic E-state index is 13.5. The Morgan fingerprint density at radius 3 is 2.87 bits per heavy atom. The number of urea groups is 1. The van der Waals surface area contributed by atoms with Gasteiger partial charge in [-0.15, -0.1) is 0 Å². The first-order chi connectivity index (χ1) is 14.4. The fourth-order valence-corrected chi connectivity index (χ4v) is 3.85. The lowest BCUT2D eigenvalue weighted by atomic mass is 10.1. The van der Waals surface area contributed by atoms with Gasteiger partial charge in [-0.05, 0) is 25.0 Å². The Morgan fingerprint density at radius 1 is 1.30 bits per heavy atom. The van der Waals surface area contributed by atoms with Crippen molar-refractivity contribution in [3.05, 3.63) is 47.2 Å². The highest BCUT2D eigenvalue weighted by molar-refractivity contribution is 6.33. The first-order valence-electron chi connectivity index (χ1n) is 9.42. The first-order valence-corrected chi connectivity index (χ1v) is 9.80. The fraction of sp³-hybridized carbons (Fsp3) is 0.300. The lowest BCUT2D eigenvalue weighted by molar-refractivity contribution is 0.0891. The Kier molecular flexibility index (Phi) is 5.74. The van der Waals surface area contributed by atoms with E-state index in [-0.39, 0.29) is 6.10 Å². The number of benzene rings is 1. The molecule has 2 aromatic heterocycles. The fourth-order valence-electron chi connectivity index (χ4n) is 3.56. The molecule has 10 heteroatoms. The molecule has 4 rings (SSSR count). The van der Waals surface area contributed by atoms with Crippen LogP contribution in [-0.4, -0.2) is 42.3 Å². The van der Waals surface area contributed by atoms with E-state index >= 15 is 0 Å². The van der Waals surface area contributed by atoms with Crippen molar-refractivity contribution in [1.29, 1.82) is 0 Å². The second-order valence-corrected chi connectivity index (χ2v) is 7.48. The van der Waals surface area contributed by atoms with Crippen molar-refractivity contribution in [3.63, 3.8) is 0 Å². The van der Waals surface area contributed by atoms with Crippen molar-refractivity contribution in [2.24, 2.45) is 0 Å². The second kappa shape index (κ2) is 8.45. The van der Waals surface area contributed by atoms with E-state index in [0.717, 1.165) is 31.5 Å². The number of methoxy groups -OCH3 is 1. The van der Waals surface area contributed by atoms with Crippen LogP contribution in [0, 0.1) is 11.6 Å². The SMILES string of the molecule is COC1CCCN(c2ncc(NC(=O)Nc3c[nH]c4cc(F)c(F)cc34)cc2Cl)C1. The molecule has 1 unspecified atom stereocenters. The van der Waals surface area contributed by atoms with Crippen LogP contribution < -0.4 is 15.5 Å². The van der Waals surface area contributed by atoms with Crippen molar-refractivity contribution < 1.29 is 18.3 Å². The lowest BCUT2D eigenvalue weighted by Crippen LogP contribution is -2.39. The number of pyridine rings is 1. The van der Waals surface area contributed by atoms with E-state index in [2.05, 4.69) is 25.5 Å². The predicted molar refractivity (Wildman–Crippen MR) is 112 cm³/mol. The number of nitrogens with one attached hydrogen (secondary N) is 3. The number of carbonyl (C=O) groups is 1. The number of halogens is 3. The Morgan fingerprint density at radius 2 is 2.10 bits per heavy atom. The van der Waals surface area contributed by atoms with Crippen LogP contribution in [0.2, 0.25) is 5.02 Å². The van der Waals surface area contributed by atoms with Crippen molar-refractivity contribution in [1.82, 2.24) is 9.97 Å². The molecule has 1 fully saturated rings. The van der Waals surface area contributed by atoms with Crippen LogP contribution in [0.1, 0.15) is 12.8 Å². The summed E-state index contributed by atoms with van der Waals surface area (Å²) in [6.45, 7) is 1.53. The zero-order valence-electron chi connectivity index (χ0n) is 16.1. The van der Waals surface area contributed by atoms with Gasteiger partial charge in [-0.1, -0.05) is 11.6 Å². The van der Waals surface area contributed by atoms with Gasteiger partial charge in [0, 0.05) is 37.8 Å². The summed E-state index contributed by atoms with van der Waals surface area (Å²) in [6, 6.07) is 3.11. The molecule has 3 heterocycles.